The van der Waals surface area contributed by atoms with Crippen LogP contribution in [0, 0.1) is 30.1 Å². The summed E-state index contributed by atoms with van der Waals surface area (Å²) in [6.45, 7) is 23.8. The molecule has 0 saturated carbocycles. The van der Waals surface area contributed by atoms with Crippen LogP contribution in [0.3, 0.4) is 0 Å². The van der Waals surface area contributed by atoms with E-state index in [-0.39, 0.29) is 16.9 Å². The van der Waals surface area contributed by atoms with Crippen molar-refractivity contribution in [2.24, 2.45) is 10.8 Å². The van der Waals surface area contributed by atoms with Crippen molar-refractivity contribution >= 4 is 47.0 Å². The van der Waals surface area contributed by atoms with Gasteiger partial charge in [0, 0.05) is 31.3 Å². The topological polar surface area (TPSA) is 60.8 Å². The molecular weight excluding hydrogens is 591 g/mol. The van der Waals surface area contributed by atoms with Gasteiger partial charge in [0.1, 0.15) is 5.15 Å². The number of fused-ring (bicyclic) bond motifs is 1. The van der Waals surface area contributed by atoms with Crippen LogP contribution in [-0.2, 0) is 6.42 Å². The zero-order valence-corrected chi connectivity index (χ0v) is 30.0. The number of allylic oxidation sites excluding steroid dienone is 8. The number of pyridine rings is 1. The highest BCUT2D eigenvalue weighted by Gasteiger charge is 2.58. The third-order valence-corrected chi connectivity index (χ3v) is 11.9. The lowest BCUT2D eigenvalue weighted by Crippen LogP contribution is -2.33. The molecule has 45 heavy (non-hydrogen) atoms. The van der Waals surface area contributed by atoms with Gasteiger partial charge in [0.2, 0.25) is 0 Å². The van der Waals surface area contributed by atoms with Crippen molar-refractivity contribution < 1.29 is 0 Å². The lowest BCUT2D eigenvalue weighted by atomic mass is 9.33. The van der Waals surface area contributed by atoms with Gasteiger partial charge in [0.05, 0.1) is 17.1 Å². The van der Waals surface area contributed by atoms with Crippen LogP contribution in [0.1, 0.15) is 75.5 Å². The van der Waals surface area contributed by atoms with E-state index in [1.54, 1.807) is 0 Å². The predicted octanol–water partition coefficient (Wildman–Crippen LogP) is 10.2. The minimum absolute atomic E-state index is 0.0279. The average molecular weight is 639 g/mol. The summed E-state index contributed by atoms with van der Waals surface area (Å²) in [5.41, 5.74) is 12.7. The average Bonchev–Trinajstić information content (AvgIpc) is 3.15. The Bertz CT molecular complexity index is 1680. The molecule has 2 aliphatic carbocycles. The molecule has 2 atom stereocenters. The van der Waals surface area contributed by atoms with Crippen molar-refractivity contribution in [3.63, 3.8) is 0 Å². The van der Waals surface area contributed by atoms with E-state index in [2.05, 4.69) is 88.4 Å². The zero-order valence-electron chi connectivity index (χ0n) is 28.4. The highest BCUT2D eigenvalue weighted by Crippen LogP contribution is 2.66. The molecule has 1 aliphatic heterocycles. The van der Waals surface area contributed by atoms with Crippen LogP contribution in [0.5, 0.6) is 0 Å². The first-order chi connectivity index (χ1) is 21.2. The zero-order chi connectivity index (χ0) is 32.8. The lowest BCUT2D eigenvalue weighted by molar-refractivity contribution is 0.156. The smallest absolute Gasteiger partial charge is 0.184 e. The van der Waals surface area contributed by atoms with Crippen LogP contribution in [0.4, 0.5) is 5.69 Å². The van der Waals surface area contributed by atoms with E-state index >= 15 is 0 Å². The van der Waals surface area contributed by atoms with E-state index in [1.165, 1.54) is 43.8 Å². The normalized spacial score (nSPS) is 22.1. The maximum atomic E-state index is 8.50. The Hall–Kier alpha value is -2.96. The van der Waals surface area contributed by atoms with Crippen molar-refractivity contribution in [2.45, 2.75) is 80.0 Å². The van der Waals surface area contributed by atoms with Crippen molar-refractivity contribution in [1.82, 2.24) is 10.3 Å². The third-order valence-electron chi connectivity index (χ3n) is 10.7. The van der Waals surface area contributed by atoms with Gasteiger partial charge in [-0.2, -0.15) is 0 Å². The van der Waals surface area contributed by atoms with Gasteiger partial charge in [-0.25, -0.2) is 4.98 Å². The number of hydrogen-bond donors (Lipinski definition) is 3. The fourth-order valence-electron chi connectivity index (χ4n) is 7.74. The van der Waals surface area contributed by atoms with Crippen LogP contribution in [0.2, 0.25) is 17.3 Å². The maximum Gasteiger partial charge on any atom is 0.184 e. The minimum Gasteiger partial charge on any atom is -0.393 e. The standard InChI is InChI=1S/C38H48BClN4S/c1-11-45-33-19-30-28(16-22(2)17-29(30)24(4)43-32-14-15-34(40)44-25(32)5)23(3)35(33)36-38(8,9)37(6,7)21-39(36)27-12-13-31(41)26(18-27)20-42-10/h12-18,20,24,36,41-43H,3,11,19,21H2,1-2,4-10H3/b26-20-,41-31?. The first-order valence-electron chi connectivity index (χ1n) is 16.1. The summed E-state index contributed by atoms with van der Waals surface area (Å²) in [5, 5.41) is 15.9. The molecule has 236 valence electrons. The molecule has 1 aromatic heterocycles. The summed E-state index contributed by atoms with van der Waals surface area (Å²) in [5.74, 6) is 1.31. The molecule has 4 nitrogen and oxygen atoms in total. The molecule has 0 spiro atoms. The number of nitrogens with zero attached hydrogens (tertiary/aromatic N) is 1. The first-order valence-corrected chi connectivity index (χ1v) is 17.5. The van der Waals surface area contributed by atoms with Crippen LogP contribution >= 0.6 is 23.4 Å². The van der Waals surface area contributed by atoms with Gasteiger partial charge in [0.15, 0.2) is 6.71 Å². The number of benzene rings is 1. The monoisotopic (exact) mass is 638 g/mol. The Labute approximate surface area is 280 Å². The summed E-state index contributed by atoms with van der Waals surface area (Å²) in [6, 6.07) is 8.65. The molecule has 1 fully saturated rings. The largest absolute Gasteiger partial charge is 0.393 e. The summed E-state index contributed by atoms with van der Waals surface area (Å²) in [6.07, 6.45) is 10.3. The number of aryl methyl sites for hydroxylation is 2. The second kappa shape index (κ2) is 12.7. The van der Waals surface area contributed by atoms with E-state index in [4.69, 9.17) is 23.6 Å². The van der Waals surface area contributed by atoms with E-state index in [0.29, 0.717) is 23.4 Å². The molecule has 0 bridgehead atoms. The molecular formula is C38H48BClN4S. The molecule has 2 heterocycles. The van der Waals surface area contributed by atoms with Gasteiger partial charge < -0.3 is 16.0 Å². The van der Waals surface area contributed by atoms with Gasteiger partial charge >= 0.3 is 0 Å². The molecule has 1 aromatic carbocycles. The van der Waals surface area contributed by atoms with Crippen molar-refractivity contribution in [3.8, 4) is 0 Å². The van der Waals surface area contributed by atoms with Gasteiger partial charge in [0.25, 0.3) is 0 Å². The quantitative estimate of drug-likeness (QED) is 0.199. The fourth-order valence-corrected chi connectivity index (χ4v) is 8.93. The maximum absolute atomic E-state index is 8.50. The predicted molar refractivity (Wildman–Crippen MR) is 199 cm³/mol. The molecule has 5 rings (SSSR count). The molecule has 1 saturated heterocycles. The van der Waals surface area contributed by atoms with E-state index in [0.717, 1.165) is 35.4 Å². The number of anilines is 1. The van der Waals surface area contributed by atoms with Crippen molar-refractivity contribution in [3.05, 3.63) is 110 Å². The number of halogens is 1. The van der Waals surface area contributed by atoms with E-state index < -0.39 is 0 Å². The number of hydrogen-bond acceptors (Lipinski definition) is 5. The molecule has 3 N–H and O–H groups in total. The minimum atomic E-state index is 0.0279. The Morgan fingerprint density at radius 1 is 1.20 bits per heavy atom. The van der Waals surface area contributed by atoms with Crippen LogP contribution in [0.15, 0.2) is 76.8 Å². The van der Waals surface area contributed by atoms with E-state index in [9.17, 15) is 0 Å². The van der Waals surface area contributed by atoms with Crippen molar-refractivity contribution in [2.75, 3.05) is 18.1 Å². The fraction of sp³-hybridized carbons (Fsp3) is 0.421. The van der Waals surface area contributed by atoms with Crippen molar-refractivity contribution in [1.29, 1.82) is 5.41 Å². The molecule has 7 heteroatoms. The summed E-state index contributed by atoms with van der Waals surface area (Å²) in [7, 11) is 1.90. The van der Waals surface area contributed by atoms with Crippen LogP contribution in [0.25, 0.3) is 5.57 Å². The molecule has 2 aromatic rings. The number of nitrogens with one attached hydrogen (secondary N) is 3. The highest BCUT2D eigenvalue weighted by atomic mass is 35.5. The van der Waals surface area contributed by atoms with Gasteiger partial charge in [-0.15, -0.1) is 11.8 Å². The summed E-state index contributed by atoms with van der Waals surface area (Å²) < 4.78 is 0. The summed E-state index contributed by atoms with van der Waals surface area (Å²) in [4.78, 5) is 5.92. The first kappa shape index (κ1) is 33.4. The second-order valence-electron chi connectivity index (χ2n) is 14.1. The molecule has 3 aliphatic rings. The number of thioether (sulfide) groups is 1. The van der Waals surface area contributed by atoms with E-state index in [1.807, 2.05) is 50.1 Å². The second-order valence-corrected chi connectivity index (χ2v) is 15.9. The Kier molecular flexibility index (Phi) is 9.41. The van der Waals surface area contributed by atoms with Gasteiger partial charge in [-0.3, -0.25) is 0 Å². The Balaban J connectivity index is 1.63. The summed E-state index contributed by atoms with van der Waals surface area (Å²) >= 11 is 8.15. The third kappa shape index (κ3) is 6.13. The number of aromatic nitrogens is 1. The molecule has 0 radical (unpaired) electrons. The SMILES string of the molecule is C=C1C(C2B(C3=C/C(=C/NC)C(=N)C=C3)CC(C)(C)C2(C)C)=C(SCC)Cc2c1cc(C)cc2C(C)Nc1ccc(Cl)nc1C. The highest BCUT2D eigenvalue weighted by molar-refractivity contribution is 8.03. The Morgan fingerprint density at radius 3 is 2.60 bits per heavy atom. The molecule has 2 unspecified atom stereocenters. The van der Waals surface area contributed by atoms with Gasteiger partial charge in [-0.05, 0) is 94.1 Å². The van der Waals surface area contributed by atoms with Crippen LogP contribution in [-0.4, -0.2) is 30.2 Å². The van der Waals surface area contributed by atoms with Crippen LogP contribution < -0.4 is 10.6 Å². The Morgan fingerprint density at radius 2 is 1.93 bits per heavy atom. The molecule has 0 amide bonds. The number of rotatable bonds is 8. The van der Waals surface area contributed by atoms with Gasteiger partial charge in [-0.1, -0.05) is 94.4 Å². The lowest BCUT2D eigenvalue weighted by Gasteiger charge is -2.44.